The van der Waals surface area contributed by atoms with Crippen LogP contribution in [0.1, 0.15) is 34.5 Å². The molecular formula is C24H24F2N4O2. The molecule has 1 aromatic heterocycles. The van der Waals surface area contributed by atoms with Crippen molar-refractivity contribution in [1.29, 1.82) is 0 Å². The molecule has 1 aliphatic carbocycles. The summed E-state index contributed by atoms with van der Waals surface area (Å²) in [6, 6.07) is 9.47. The number of rotatable bonds is 5. The van der Waals surface area contributed by atoms with Crippen molar-refractivity contribution >= 4 is 16.7 Å². The minimum Gasteiger partial charge on any atom is -0.336 e. The van der Waals surface area contributed by atoms with Gasteiger partial charge in [-0.1, -0.05) is 18.2 Å². The highest BCUT2D eigenvalue weighted by atomic mass is 19.2. The van der Waals surface area contributed by atoms with Crippen molar-refractivity contribution in [3.63, 3.8) is 0 Å². The van der Waals surface area contributed by atoms with Crippen LogP contribution in [-0.4, -0.2) is 58.6 Å². The molecule has 0 spiro atoms. The standard InChI is InChI=1S/C24H24F2N4O2/c25-20-12-16(13-21-17-3-1-2-4-18(17)23(31)28-27-21)11-19(22(20)26)24(32)30-9-7-29(8-10-30)14-15-5-6-15/h1-4,11-12,15H,5-10,13-14H2,(H,28,31). The number of piperazine rings is 1. The smallest absolute Gasteiger partial charge is 0.272 e. The third-order valence-electron chi connectivity index (χ3n) is 6.34. The van der Waals surface area contributed by atoms with Crippen LogP contribution in [-0.2, 0) is 6.42 Å². The van der Waals surface area contributed by atoms with Gasteiger partial charge in [0.2, 0.25) is 0 Å². The van der Waals surface area contributed by atoms with Crippen LogP contribution >= 0.6 is 0 Å². The summed E-state index contributed by atoms with van der Waals surface area (Å²) in [7, 11) is 0. The van der Waals surface area contributed by atoms with Gasteiger partial charge in [0.1, 0.15) is 0 Å². The molecule has 0 bridgehead atoms. The maximum Gasteiger partial charge on any atom is 0.272 e. The number of carbonyl (C=O) groups is 1. The lowest BCUT2D eigenvalue weighted by Gasteiger charge is -2.35. The monoisotopic (exact) mass is 438 g/mol. The zero-order valence-corrected chi connectivity index (χ0v) is 17.6. The summed E-state index contributed by atoms with van der Waals surface area (Å²) in [6.07, 6.45) is 2.70. The number of nitrogens with zero attached hydrogens (tertiary/aromatic N) is 3. The van der Waals surface area contributed by atoms with Crippen molar-refractivity contribution in [3.8, 4) is 0 Å². The summed E-state index contributed by atoms with van der Waals surface area (Å²) in [5.74, 6) is -1.91. The second-order valence-electron chi connectivity index (χ2n) is 8.70. The molecule has 2 fully saturated rings. The first-order valence-corrected chi connectivity index (χ1v) is 11.0. The van der Waals surface area contributed by atoms with Crippen molar-refractivity contribution in [2.45, 2.75) is 19.3 Å². The molecule has 1 saturated heterocycles. The topological polar surface area (TPSA) is 69.3 Å². The van der Waals surface area contributed by atoms with Gasteiger partial charge in [-0.2, -0.15) is 5.10 Å². The third kappa shape index (κ3) is 4.14. The Hall–Kier alpha value is -3.13. The SMILES string of the molecule is O=C(c1cc(Cc2n[nH]c(=O)c3ccccc23)cc(F)c1F)N1CCN(CC2CC2)CC1. The average molecular weight is 438 g/mol. The molecule has 3 aromatic rings. The van der Waals surface area contributed by atoms with Crippen molar-refractivity contribution in [2.24, 2.45) is 5.92 Å². The highest BCUT2D eigenvalue weighted by molar-refractivity contribution is 5.95. The van der Waals surface area contributed by atoms with E-state index in [9.17, 15) is 18.4 Å². The Morgan fingerprint density at radius 2 is 1.78 bits per heavy atom. The summed E-state index contributed by atoms with van der Waals surface area (Å²) >= 11 is 0. The Labute approximate surface area is 183 Å². The maximum atomic E-state index is 14.6. The Morgan fingerprint density at radius 3 is 2.50 bits per heavy atom. The van der Waals surface area contributed by atoms with E-state index >= 15 is 0 Å². The van der Waals surface area contributed by atoms with E-state index in [1.54, 1.807) is 29.2 Å². The quantitative estimate of drug-likeness (QED) is 0.665. The molecule has 1 amide bonds. The molecule has 2 aliphatic rings. The van der Waals surface area contributed by atoms with Crippen LogP contribution in [0.25, 0.3) is 10.8 Å². The van der Waals surface area contributed by atoms with E-state index in [0.29, 0.717) is 35.1 Å². The van der Waals surface area contributed by atoms with Gasteiger partial charge in [-0.05, 0) is 42.5 Å². The normalized spacial score (nSPS) is 17.1. The largest absolute Gasteiger partial charge is 0.336 e. The number of halogens is 2. The van der Waals surface area contributed by atoms with Crippen LogP contribution in [0.5, 0.6) is 0 Å². The number of H-pyrrole nitrogens is 1. The molecule has 166 valence electrons. The van der Waals surface area contributed by atoms with E-state index in [4.69, 9.17) is 0 Å². The van der Waals surface area contributed by atoms with Gasteiger partial charge >= 0.3 is 0 Å². The highest BCUT2D eigenvalue weighted by Gasteiger charge is 2.29. The molecular weight excluding hydrogens is 414 g/mol. The van der Waals surface area contributed by atoms with Crippen LogP contribution in [0.15, 0.2) is 41.2 Å². The second kappa shape index (κ2) is 8.43. The molecule has 2 heterocycles. The first-order chi connectivity index (χ1) is 15.5. The minimum atomic E-state index is -1.13. The van der Waals surface area contributed by atoms with Gasteiger partial charge in [0, 0.05) is 44.5 Å². The summed E-state index contributed by atoms with van der Waals surface area (Å²) in [4.78, 5) is 28.9. The number of carbonyl (C=O) groups excluding carboxylic acids is 1. The Balaban J connectivity index is 1.38. The number of aromatic nitrogens is 2. The van der Waals surface area contributed by atoms with Gasteiger partial charge in [-0.3, -0.25) is 14.5 Å². The highest BCUT2D eigenvalue weighted by Crippen LogP contribution is 2.30. The average Bonchev–Trinajstić information content (AvgIpc) is 3.62. The van der Waals surface area contributed by atoms with Gasteiger partial charge in [0.25, 0.3) is 11.5 Å². The fourth-order valence-corrected chi connectivity index (χ4v) is 4.37. The number of fused-ring (bicyclic) bond motifs is 1. The lowest BCUT2D eigenvalue weighted by atomic mass is 10.0. The number of benzene rings is 2. The summed E-state index contributed by atoms with van der Waals surface area (Å²) in [6.45, 7) is 3.56. The second-order valence-corrected chi connectivity index (χ2v) is 8.70. The number of nitrogens with one attached hydrogen (secondary N) is 1. The predicted molar refractivity (Wildman–Crippen MR) is 117 cm³/mol. The summed E-state index contributed by atoms with van der Waals surface area (Å²) in [5.41, 5.74) is 0.373. The van der Waals surface area contributed by atoms with E-state index in [1.165, 1.54) is 18.9 Å². The van der Waals surface area contributed by atoms with Gasteiger partial charge in [-0.25, -0.2) is 13.9 Å². The summed E-state index contributed by atoms with van der Waals surface area (Å²) in [5, 5.41) is 7.66. The van der Waals surface area contributed by atoms with E-state index in [-0.39, 0.29) is 17.5 Å². The van der Waals surface area contributed by atoms with E-state index in [2.05, 4.69) is 15.1 Å². The minimum absolute atomic E-state index is 0.157. The van der Waals surface area contributed by atoms with E-state index in [1.807, 2.05) is 0 Å². The van der Waals surface area contributed by atoms with E-state index < -0.39 is 17.5 Å². The molecule has 0 atom stereocenters. The first kappa shape index (κ1) is 20.8. The van der Waals surface area contributed by atoms with Gasteiger partial charge in [-0.15, -0.1) is 0 Å². The van der Waals surface area contributed by atoms with Crippen molar-refractivity contribution in [2.75, 3.05) is 32.7 Å². The summed E-state index contributed by atoms with van der Waals surface area (Å²) < 4.78 is 29.0. The van der Waals surface area contributed by atoms with Gasteiger partial charge in [0.05, 0.1) is 16.6 Å². The van der Waals surface area contributed by atoms with Crippen molar-refractivity contribution in [3.05, 3.63) is 75.2 Å². The molecule has 32 heavy (non-hydrogen) atoms. The molecule has 0 radical (unpaired) electrons. The molecule has 1 N–H and O–H groups in total. The Bertz CT molecular complexity index is 1230. The lowest BCUT2D eigenvalue weighted by molar-refractivity contribution is 0.0626. The Morgan fingerprint density at radius 1 is 1.06 bits per heavy atom. The van der Waals surface area contributed by atoms with Crippen molar-refractivity contribution in [1.82, 2.24) is 20.0 Å². The number of hydrogen-bond acceptors (Lipinski definition) is 4. The molecule has 1 aliphatic heterocycles. The Kier molecular flexibility index (Phi) is 5.46. The molecule has 5 rings (SSSR count). The predicted octanol–water partition coefficient (Wildman–Crippen LogP) is 2.96. The maximum absolute atomic E-state index is 14.6. The third-order valence-corrected chi connectivity index (χ3v) is 6.34. The molecule has 2 aromatic carbocycles. The van der Waals surface area contributed by atoms with Crippen LogP contribution in [0.4, 0.5) is 8.78 Å². The molecule has 8 heteroatoms. The zero-order chi connectivity index (χ0) is 22.2. The van der Waals surface area contributed by atoms with Gasteiger partial charge < -0.3 is 4.90 Å². The fraction of sp³-hybridized carbons (Fsp3) is 0.375. The molecule has 1 saturated carbocycles. The fourth-order valence-electron chi connectivity index (χ4n) is 4.37. The van der Waals surface area contributed by atoms with Gasteiger partial charge in [0.15, 0.2) is 11.6 Å². The number of amides is 1. The first-order valence-electron chi connectivity index (χ1n) is 11.0. The van der Waals surface area contributed by atoms with E-state index in [0.717, 1.165) is 31.6 Å². The van der Waals surface area contributed by atoms with Crippen LogP contribution in [0, 0.1) is 17.6 Å². The molecule has 6 nitrogen and oxygen atoms in total. The van der Waals surface area contributed by atoms with Crippen LogP contribution in [0.2, 0.25) is 0 Å². The van der Waals surface area contributed by atoms with Crippen molar-refractivity contribution < 1.29 is 13.6 Å². The zero-order valence-electron chi connectivity index (χ0n) is 17.6. The number of hydrogen-bond donors (Lipinski definition) is 1. The lowest BCUT2D eigenvalue weighted by Crippen LogP contribution is -2.49. The molecule has 0 unspecified atom stereocenters. The number of aromatic amines is 1. The van der Waals surface area contributed by atoms with Crippen LogP contribution in [0.3, 0.4) is 0 Å². The van der Waals surface area contributed by atoms with Crippen LogP contribution < -0.4 is 5.56 Å².